The lowest BCUT2D eigenvalue weighted by Crippen LogP contribution is -2.22. The van der Waals surface area contributed by atoms with Crippen LogP contribution in [0.25, 0.3) is 0 Å². The number of phenolic OH excluding ortho intramolecular Hbond substituents is 1. The van der Waals surface area contributed by atoms with Gasteiger partial charge in [-0.05, 0) is 30.5 Å². The molecule has 1 saturated carbocycles. The van der Waals surface area contributed by atoms with Crippen molar-refractivity contribution in [3.8, 4) is 5.75 Å². The average Bonchev–Trinajstić information content (AvgIpc) is 3.01. The highest BCUT2D eigenvalue weighted by atomic mass is 16.5. The van der Waals surface area contributed by atoms with E-state index in [4.69, 9.17) is 10.3 Å². The molecular weight excluding hydrogens is 242 g/mol. The summed E-state index contributed by atoms with van der Waals surface area (Å²) in [6, 6.07) is 7.16. The van der Waals surface area contributed by atoms with Crippen molar-refractivity contribution in [3.05, 3.63) is 41.5 Å². The van der Waals surface area contributed by atoms with Crippen LogP contribution < -0.4 is 5.73 Å². The van der Waals surface area contributed by atoms with E-state index in [1.807, 2.05) is 12.1 Å². The summed E-state index contributed by atoms with van der Waals surface area (Å²) in [5, 5.41) is 13.2. The molecule has 1 aliphatic rings. The molecule has 0 spiro atoms. The summed E-state index contributed by atoms with van der Waals surface area (Å²) in [5.41, 5.74) is 7.08. The van der Waals surface area contributed by atoms with Gasteiger partial charge in [-0.1, -0.05) is 23.7 Å². The van der Waals surface area contributed by atoms with E-state index in [9.17, 15) is 5.11 Å². The zero-order chi connectivity index (χ0) is 13.2. The van der Waals surface area contributed by atoms with Crippen molar-refractivity contribution in [1.29, 1.82) is 0 Å². The second-order valence-electron chi connectivity index (χ2n) is 5.09. The highest BCUT2D eigenvalue weighted by molar-refractivity contribution is 5.27. The second kappa shape index (κ2) is 5.01. The molecule has 0 aliphatic heterocycles. The van der Waals surface area contributed by atoms with Crippen LogP contribution in [0.2, 0.25) is 0 Å². The van der Waals surface area contributed by atoms with E-state index in [0.717, 1.165) is 24.8 Å². The Kier molecular flexibility index (Phi) is 3.21. The van der Waals surface area contributed by atoms with Gasteiger partial charge in [-0.15, -0.1) is 0 Å². The lowest BCUT2D eigenvalue weighted by molar-refractivity contribution is 0.342. The SMILES string of the molecule is NC1CCCC1c1nc(Cc2ccc(O)cc2)no1. The standard InChI is InChI=1S/C14H17N3O2/c15-12-3-1-2-11(12)14-16-13(17-19-14)8-9-4-6-10(18)7-5-9/h4-7,11-12,18H,1-3,8,15H2. The van der Waals surface area contributed by atoms with Crippen LogP contribution in [0.4, 0.5) is 0 Å². The Labute approximate surface area is 111 Å². The van der Waals surface area contributed by atoms with Crippen LogP contribution in [0, 0.1) is 0 Å². The van der Waals surface area contributed by atoms with Crippen molar-refractivity contribution < 1.29 is 9.63 Å². The maximum atomic E-state index is 9.24. The van der Waals surface area contributed by atoms with E-state index < -0.39 is 0 Å². The smallest absolute Gasteiger partial charge is 0.231 e. The number of benzene rings is 1. The minimum Gasteiger partial charge on any atom is -0.508 e. The van der Waals surface area contributed by atoms with Gasteiger partial charge in [0.15, 0.2) is 5.82 Å². The highest BCUT2D eigenvalue weighted by Gasteiger charge is 2.30. The molecule has 5 heteroatoms. The molecule has 0 saturated heterocycles. The van der Waals surface area contributed by atoms with Crippen LogP contribution in [0.5, 0.6) is 5.75 Å². The molecule has 2 aromatic rings. The number of hydrogen-bond donors (Lipinski definition) is 2. The number of aromatic nitrogens is 2. The number of rotatable bonds is 3. The average molecular weight is 259 g/mol. The van der Waals surface area contributed by atoms with E-state index in [1.54, 1.807) is 12.1 Å². The number of aromatic hydroxyl groups is 1. The molecule has 3 N–H and O–H groups in total. The first-order valence-corrected chi connectivity index (χ1v) is 6.58. The normalized spacial score (nSPS) is 22.8. The molecule has 1 aromatic carbocycles. The van der Waals surface area contributed by atoms with Crippen molar-refractivity contribution >= 4 is 0 Å². The number of phenols is 1. The fraction of sp³-hybridized carbons (Fsp3) is 0.429. The topological polar surface area (TPSA) is 85.2 Å². The molecule has 2 atom stereocenters. The van der Waals surface area contributed by atoms with E-state index >= 15 is 0 Å². The molecule has 2 unspecified atom stereocenters. The lowest BCUT2D eigenvalue weighted by atomic mass is 10.1. The summed E-state index contributed by atoms with van der Waals surface area (Å²) in [7, 11) is 0. The van der Waals surface area contributed by atoms with Crippen LogP contribution in [-0.2, 0) is 6.42 Å². The molecule has 19 heavy (non-hydrogen) atoms. The van der Waals surface area contributed by atoms with Crippen molar-refractivity contribution in [2.24, 2.45) is 5.73 Å². The van der Waals surface area contributed by atoms with Gasteiger partial charge < -0.3 is 15.4 Å². The van der Waals surface area contributed by atoms with Crippen molar-refractivity contribution in [2.45, 2.75) is 37.6 Å². The first-order valence-electron chi connectivity index (χ1n) is 6.58. The molecule has 1 aliphatic carbocycles. The minimum atomic E-state index is 0.141. The zero-order valence-corrected chi connectivity index (χ0v) is 10.6. The van der Waals surface area contributed by atoms with Gasteiger partial charge in [-0.25, -0.2) is 0 Å². The molecule has 0 bridgehead atoms. The van der Waals surface area contributed by atoms with Crippen LogP contribution in [0.15, 0.2) is 28.8 Å². The first kappa shape index (κ1) is 12.2. The third kappa shape index (κ3) is 2.61. The van der Waals surface area contributed by atoms with Crippen molar-refractivity contribution in [1.82, 2.24) is 10.1 Å². The van der Waals surface area contributed by atoms with Crippen molar-refractivity contribution in [2.75, 3.05) is 0 Å². The van der Waals surface area contributed by atoms with Gasteiger partial charge in [-0.3, -0.25) is 0 Å². The minimum absolute atomic E-state index is 0.141. The highest BCUT2D eigenvalue weighted by Crippen LogP contribution is 2.32. The number of nitrogens with zero attached hydrogens (tertiary/aromatic N) is 2. The Morgan fingerprint density at radius 1 is 1.26 bits per heavy atom. The Morgan fingerprint density at radius 2 is 2.05 bits per heavy atom. The second-order valence-corrected chi connectivity index (χ2v) is 5.09. The van der Waals surface area contributed by atoms with Crippen molar-refractivity contribution in [3.63, 3.8) is 0 Å². The predicted octanol–water partition coefficient (Wildman–Crippen LogP) is 1.96. The molecule has 0 radical (unpaired) electrons. The van der Waals surface area contributed by atoms with Crippen LogP contribution >= 0.6 is 0 Å². The lowest BCUT2D eigenvalue weighted by Gasteiger charge is -2.08. The Bertz CT molecular complexity index is 550. The first-order chi connectivity index (χ1) is 9.22. The summed E-state index contributed by atoms with van der Waals surface area (Å²) in [6.07, 6.45) is 3.79. The summed E-state index contributed by atoms with van der Waals surface area (Å²) >= 11 is 0. The van der Waals surface area contributed by atoms with Gasteiger partial charge >= 0.3 is 0 Å². The van der Waals surface area contributed by atoms with Gasteiger partial charge in [0, 0.05) is 12.5 Å². The summed E-state index contributed by atoms with van der Waals surface area (Å²) in [5.74, 6) is 1.80. The molecule has 0 amide bonds. The maximum Gasteiger partial charge on any atom is 0.231 e. The third-order valence-electron chi connectivity index (χ3n) is 3.67. The third-order valence-corrected chi connectivity index (χ3v) is 3.67. The molecule has 100 valence electrons. The Balaban J connectivity index is 1.72. The Morgan fingerprint density at radius 3 is 2.74 bits per heavy atom. The summed E-state index contributed by atoms with van der Waals surface area (Å²) in [6.45, 7) is 0. The molecular formula is C14H17N3O2. The van der Waals surface area contributed by atoms with E-state index in [2.05, 4.69) is 10.1 Å². The van der Waals surface area contributed by atoms with Crippen LogP contribution in [-0.4, -0.2) is 21.3 Å². The molecule has 3 rings (SSSR count). The Hall–Kier alpha value is -1.88. The maximum absolute atomic E-state index is 9.24. The van der Waals surface area contributed by atoms with E-state index in [0.29, 0.717) is 18.1 Å². The predicted molar refractivity (Wildman–Crippen MR) is 69.8 cm³/mol. The molecule has 1 fully saturated rings. The quantitative estimate of drug-likeness (QED) is 0.880. The van der Waals surface area contributed by atoms with Crippen LogP contribution in [0.3, 0.4) is 0 Å². The number of hydrogen-bond acceptors (Lipinski definition) is 5. The van der Waals surface area contributed by atoms with E-state index in [-0.39, 0.29) is 17.7 Å². The summed E-state index contributed by atoms with van der Waals surface area (Å²) in [4.78, 5) is 4.44. The molecule has 1 heterocycles. The number of nitrogens with two attached hydrogens (primary N) is 1. The fourth-order valence-corrected chi connectivity index (χ4v) is 2.58. The van der Waals surface area contributed by atoms with E-state index in [1.165, 1.54) is 0 Å². The van der Waals surface area contributed by atoms with Gasteiger partial charge in [-0.2, -0.15) is 4.98 Å². The molecule has 1 aromatic heterocycles. The monoisotopic (exact) mass is 259 g/mol. The van der Waals surface area contributed by atoms with Gasteiger partial charge in [0.05, 0.1) is 5.92 Å². The fourth-order valence-electron chi connectivity index (χ4n) is 2.58. The van der Waals surface area contributed by atoms with Gasteiger partial charge in [0.25, 0.3) is 0 Å². The molecule has 5 nitrogen and oxygen atoms in total. The van der Waals surface area contributed by atoms with Gasteiger partial charge in [0.1, 0.15) is 5.75 Å². The largest absolute Gasteiger partial charge is 0.508 e. The zero-order valence-electron chi connectivity index (χ0n) is 10.6. The summed E-state index contributed by atoms with van der Waals surface area (Å²) < 4.78 is 5.32. The van der Waals surface area contributed by atoms with Gasteiger partial charge in [0.2, 0.25) is 5.89 Å². The van der Waals surface area contributed by atoms with Crippen LogP contribution in [0.1, 0.15) is 42.5 Å².